The first-order chi connectivity index (χ1) is 8.95. The minimum Gasteiger partial charge on any atom is -0.349 e. The highest BCUT2D eigenvalue weighted by Crippen LogP contribution is 2.28. The van der Waals surface area contributed by atoms with Crippen molar-refractivity contribution in [2.45, 2.75) is 51.0 Å². The van der Waals surface area contributed by atoms with E-state index in [1.807, 2.05) is 25.1 Å². The van der Waals surface area contributed by atoms with Crippen LogP contribution < -0.4 is 5.32 Å². The Labute approximate surface area is 121 Å². The van der Waals surface area contributed by atoms with Gasteiger partial charge in [-0.25, -0.2) is 0 Å². The largest absolute Gasteiger partial charge is 0.349 e. The van der Waals surface area contributed by atoms with Crippen LogP contribution in [-0.4, -0.2) is 11.9 Å². The summed E-state index contributed by atoms with van der Waals surface area (Å²) in [5, 5.41) is 3.19. The van der Waals surface area contributed by atoms with Gasteiger partial charge in [-0.05, 0) is 55.7 Å². The molecule has 0 radical (unpaired) electrons. The lowest BCUT2D eigenvalue weighted by molar-refractivity contribution is 0.0910. The molecule has 3 heteroatoms. The molecule has 104 valence electrons. The van der Waals surface area contributed by atoms with Gasteiger partial charge in [-0.1, -0.05) is 19.9 Å². The van der Waals surface area contributed by atoms with Crippen LogP contribution in [0.25, 0.3) is 0 Å². The predicted octanol–water partition coefficient (Wildman–Crippen LogP) is 3.84. The van der Waals surface area contributed by atoms with Gasteiger partial charge in [-0.15, -0.1) is 12.6 Å². The van der Waals surface area contributed by atoms with Crippen molar-refractivity contribution in [1.29, 1.82) is 0 Å². The van der Waals surface area contributed by atoms with Crippen LogP contribution in [0.5, 0.6) is 0 Å². The third-order valence-corrected chi connectivity index (χ3v) is 4.26. The van der Waals surface area contributed by atoms with Crippen LogP contribution in [-0.2, 0) is 0 Å². The molecule has 0 aliphatic heterocycles. The van der Waals surface area contributed by atoms with Gasteiger partial charge >= 0.3 is 0 Å². The van der Waals surface area contributed by atoms with E-state index in [2.05, 4.69) is 31.8 Å². The van der Waals surface area contributed by atoms with Gasteiger partial charge in [-0.2, -0.15) is 0 Å². The average molecular weight is 277 g/mol. The first-order valence-electron chi connectivity index (χ1n) is 7.06. The van der Waals surface area contributed by atoms with E-state index in [9.17, 15) is 4.79 Å². The Balaban J connectivity index is 2.06. The van der Waals surface area contributed by atoms with Crippen molar-refractivity contribution < 1.29 is 4.79 Å². The van der Waals surface area contributed by atoms with Crippen molar-refractivity contribution in [3.63, 3.8) is 0 Å². The molecule has 2 rings (SSSR count). The van der Waals surface area contributed by atoms with Gasteiger partial charge in [0.15, 0.2) is 0 Å². The minimum atomic E-state index is 0.0414. The summed E-state index contributed by atoms with van der Waals surface area (Å²) >= 11 is 4.31. The van der Waals surface area contributed by atoms with E-state index in [0.29, 0.717) is 17.9 Å². The monoisotopic (exact) mass is 277 g/mol. The summed E-state index contributed by atoms with van der Waals surface area (Å²) in [4.78, 5) is 13.2. The van der Waals surface area contributed by atoms with E-state index in [4.69, 9.17) is 0 Å². The molecule has 2 unspecified atom stereocenters. The lowest BCUT2D eigenvalue weighted by atomic mass is 9.80. The molecule has 1 aromatic rings. The number of benzene rings is 1. The van der Waals surface area contributed by atoms with E-state index in [0.717, 1.165) is 28.9 Å². The number of carbonyl (C=O) groups is 1. The maximum Gasteiger partial charge on any atom is 0.251 e. The molecule has 1 fully saturated rings. The molecule has 0 saturated heterocycles. The molecule has 1 aliphatic rings. The quantitative estimate of drug-likeness (QED) is 0.790. The van der Waals surface area contributed by atoms with Gasteiger partial charge in [0, 0.05) is 16.5 Å². The third kappa shape index (κ3) is 3.75. The summed E-state index contributed by atoms with van der Waals surface area (Å²) in [6.45, 7) is 6.51. The first-order valence-corrected chi connectivity index (χ1v) is 7.51. The van der Waals surface area contributed by atoms with E-state index in [1.54, 1.807) is 0 Å². The maximum atomic E-state index is 12.4. The Bertz CT molecular complexity index is 462. The zero-order chi connectivity index (χ0) is 14.0. The van der Waals surface area contributed by atoms with Crippen molar-refractivity contribution in [3.8, 4) is 0 Å². The van der Waals surface area contributed by atoms with Gasteiger partial charge < -0.3 is 5.32 Å². The van der Waals surface area contributed by atoms with Gasteiger partial charge in [0.05, 0.1) is 0 Å². The number of rotatable bonds is 2. The summed E-state index contributed by atoms with van der Waals surface area (Å²) in [5.74, 6) is 1.44. The van der Waals surface area contributed by atoms with Crippen molar-refractivity contribution in [3.05, 3.63) is 29.3 Å². The molecule has 0 spiro atoms. The smallest absolute Gasteiger partial charge is 0.251 e. The zero-order valence-corrected chi connectivity index (χ0v) is 12.8. The Morgan fingerprint density at radius 3 is 2.47 bits per heavy atom. The van der Waals surface area contributed by atoms with Crippen molar-refractivity contribution in [2.24, 2.45) is 11.8 Å². The highest BCUT2D eigenvalue weighted by molar-refractivity contribution is 7.80. The van der Waals surface area contributed by atoms with Crippen LogP contribution in [0.3, 0.4) is 0 Å². The Kier molecular flexibility index (Phi) is 4.56. The first kappa shape index (κ1) is 14.4. The van der Waals surface area contributed by atoms with E-state index in [-0.39, 0.29) is 5.91 Å². The fourth-order valence-electron chi connectivity index (χ4n) is 3.18. The van der Waals surface area contributed by atoms with Crippen molar-refractivity contribution in [2.75, 3.05) is 0 Å². The Morgan fingerprint density at radius 1 is 1.21 bits per heavy atom. The molecule has 0 heterocycles. The van der Waals surface area contributed by atoms with E-state index < -0.39 is 0 Å². The number of hydrogen-bond donors (Lipinski definition) is 2. The second kappa shape index (κ2) is 6.00. The number of carbonyl (C=O) groups excluding carboxylic acids is 1. The number of thiol groups is 1. The Hall–Kier alpha value is -0.960. The van der Waals surface area contributed by atoms with Crippen LogP contribution in [0.2, 0.25) is 0 Å². The summed E-state index contributed by atoms with van der Waals surface area (Å²) in [5.41, 5.74) is 1.76. The number of amides is 1. The molecule has 1 N–H and O–H groups in total. The molecule has 19 heavy (non-hydrogen) atoms. The van der Waals surface area contributed by atoms with Gasteiger partial charge in [0.2, 0.25) is 0 Å². The van der Waals surface area contributed by atoms with Crippen molar-refractivity contribution in [1.82, 2.24) is 5.32 Å². The highest BCUT2D eigenvalue weighted by Gasteiger charge is 2.25. The molecule has 1 saturated carbocycles. The van der Waals surface area contributed by atoms with E-state index >= 15 is 0 Å². The highest BCUT2D eigenvalue weighted by atomic mass is 32.1. The maximum absolute atomic E-state index is 12.4. The number of nitrogens with one attached hydrogen (secondary N) is 1. The van der Waals surface area contributed by atoms with Gasteiger partial charge in [-0.3, -0.25) is 4.79 Å². The summed E-state index contributed by atoms with van der Waals surface area (Å²) in [6.07, 6.45) is 3.46. The summed E-state index contributed by atoms with van der Waals surface area (Å²) in [7, 11) is 0. The topological polar surface area (TPSA) is 29.1 Å². The lowest BCUT2D eigenvalue weighted by Crippen LogP contribution is -2.40. The van der Waals surface area contributed by atoms with Crippen LogP contribution >= 0.6 is 12.6 Å². The minimum absolute atomic E-state index is 0.0414. The molecule has 1 aliphatic carbocycles. The molecule has 0 aromatic heterocycles. The predicted molar refractivity (Wildman–Crippen MR) is 81.9 cm³/mol. The molecule has 1 aromatic carbocycles. The molecular weight excluding hydrogens is 254 g/mol. The summed E-state index contributed by atoms with van der Waals surface area (Å²) in [6, 6.07) is 6.03. The fraction of sp³-hybridized carbons (Fsp3) is 0.562. The van der Waals surface area contributed by atoms with E-state index in [1.165, 1.54) is 6.42 Å². The third-order valence-electron chi connectivity index (χ3n) is 3.98. The summed E-state index contributed by atoms with van der Waals surface area (Å²) < 4.78 is 0. The average Bonchev–Trinajstić information content (AvgIpc) is 2.30. The molecular formula is C16H23NOS. The molecule has 0 bridgehead atoms. The van der Waals surface area contributed by atoms with Crippen LogP contribution in [0.15, 0.2) is 23.1 Å². The normalized spacial score (nSPS) is 27.1. The SMILES string of the molecule is Cc1ccc(S)cc1C(=O)NC1CC(C)CC(C)C1. The van der Waals surface area contributed by atoms with Gasteiger partial charge in [0.1, 0.15) is 0 Å². The van der Waals surface area contributed by atoms with Gasteiger partial charge in [0.25, 0.3) is 5.91 Å². The van der Waals surface area contributed by atoms with Crippen LogP contribution in [0.4, 0.5) is 0 Å². The van der Waals surface area contributed by atoms with Crippen molar-refractivity contribution >= 4 is 18.5 Å². The Morgan fingerprint density at radius 2 is 1.84 bits per heavy atom. The van der Waals surface area contributed by atoms with Crippen LogP contribution in [0.1, 0.15) is 49.0 Å². The number of hydrogen-bond acceptors (Lipinski definition) is 2. The molecule has 2 nitrogen and oxygen atoms in total. The molecule has 2 atom stereocenters. The van der Waals surface area contributed by atoms with Crippen LogP contribution in [0, 0.1) is 18.8 Å². The standard InChI is InChI=1S/C16H23NOS/c1-10-6-11(2)8-13(7-10)17-16(18)15-9-14(19)5-4-12(15)3/h4-5,9-11,13,19H,6-8H2,1-3H3,(H,17,18). The number of aryl methyl sites for hydroxylation is 1. The fourth-order valence-corrected chi connectivity index (χ4v) is 3.39. The lowest BCUT2D eigenvalue weighted by Gasteiger charge is -2.32. The second-order valence-electron chi connectivity index (χ2n) is 6.09. The second-order valence-corrected chi connectivity index (χ2v) is 6.60. The zero-order valence-electron chi connectivity index (χ0n) is 11.9. The molecule has 1 amide bonds.